The molecule has 0 aromatic rings. The van der Waals surface area contributed by atoms with Crippen molar-refractivity contribution >= 4 is 17.7 Å². The maximum Gasteiger partial charge on any atom is 0.397 e. The van der Waals surface area contributed by atoms with Crippen LogP contribution in [0.5, 0.6) is 0 Å². The Morgan fingerprint density at radius 3 is 2.56 bits per heavy atom. The van der Waals surface area contributed by atoms with E-state index in [1.54, 1.807) is 6.92 Å². The third-order valence-corrected chi connectivity index (χ3v) is 2.68. The summed E-state index contributed by atoms with van der Waals surface area (Å²) in [6.45, 7) is 3.72. The predicted molar refractivity (Wildman–Crippen MR) is 56.7 cm³/mol. The zero-order valence-electron chi connectivity index (χ0n) is 9.69. The molecule has 90 valence electrons. The highest BCUT2D eigenvalue weighted by Crippen LogP contribution is 2.18. The molecule has 0 aromatic carbocycles. The number of piperidine rings is 1. The van der Waals surface area contributed by atoms with Crippen molar-refractivity contribution in [2.45, 2.75) is 39.2 Å². The number of rotatable bonds is 2. The van der Waals surface area contributed by atoms with Gasteiger partial charge in [0.1, 0.15) is 0 Å². The van der Waals surface area contributed by atoms with E-state index in [-0.39, 0.29) is 12.4 Å². The molecule has 0 aliphatic carbocycles. The molecule has 5 nitrogen and oxygen atoms in total. The van der Waals surface area contributed by atoms with Crippen molar-refractivity contribution in [2.75, 3.05) is 13.2 Å². The fourth-order valence-electron chi connectivity index (χ4n) is 1.91. The lowest BCUT2D eigenvalue weighted by Gasteiger charge is -2.33. The number of likely N-dealkylation sites (tertiary alicyclic amines) is 1. The molecule has 0 aromatic heterocycles. The zero-order valence-corrected chi connectivity index (χ0v) is 9.69. The van der Waals surface area contributed by atoms with E-state index in [4.69, 9.17) is 0 Å². The topological polar surface area (TPSA) is 63.7 Å². The van der Waals surface area contributed by atoms with Gasteiger partial charge in [0.15, 0.2) is 5.78 Å². The molecule has 1 unspecified atom stereocenters. The number of Topliss-reactive ketones (excluding diaryl/α,β-unsaturated/α-hetero) is 1. The molecule has 0 bridgehead atoms. The van der Waals surface area contributed by atoms with Gasteiger partial charge in [0, 0.05) is 6.54 Å². The highest BCUT2D eigenvalue weighted by molar-refractivity contribution is 6.32. The maximum absolute atomic E-state index is 11.7. The summed E-state index contributed by atoms with van der Waals surface area (Å²) in [7, 11) is 0. The van der Waals surface area contributed by atoms with Crippen LogP contribution in [0.25, 0.3) is 0 Å². The lowest BCUT2D eigenvalue weighted by molar-refractivity contribution is -0.162. The second-order valence-electron chi connectivity index (χ2n) is 3.84. The van der Waals surface area contributed by atoms with Crippen LogP contribution in [0.1, 0.15) is 33.1 Å². The minimum absolute atomic E-state index is 0.0719. The molecule has 0 spiro atoms. The predicted octanol–water partition coefficient (Wildman–Crippen LogP) is 0.520. The SMILES string of the molecule is CCOC(=O)C(=O)N1CCCCC1C(C)=O. The minimum atomic E-state index is -0.865. The molecule has 1 aliphatic heterocycles. The van der Waals surface area contributed by atoms with E-state index in [0.29, 0.717) is 13.0 Å². The van der Waals surface area contributed by atoms with E-state index in [0.717, 1.165) is 12.8 Å². The minimum Gasteiger partial charge on any atom is -0.459 e. The van der Waals surface area contributed by atoms with Gasteiger partial charge in [0.05, 0.1) is 12.6 Å². The van der Waals surface area contributed by atoms with Crippen LogP contribution in [0, 0.1) is 0 Å². The number of esters is 1. The van der Waals surface area contributed by atoms with Crippen LogP contribution in [0.4, 0.5) is 0 Å². The summed E-state index contributed by atoms with van der Waals surface area (Å²) in [5.41, 5.74) is 0. The van der Waals surface area contributed by atoms with Gasteiger partial charge in [0.2, 0.25) is 0 Å². The molecule has 0 saturated carbocycles. The van der Waals surface area contributed by atoms with Gasteiger partial charge >= 0.3 is 11.9 Å². The van der Waals surface area contributed by atoms with Crippen molar-refractivity contribution in [1.82, 2.24) is 4.90 Å². The second-order valence-corrected chi connectivity index (χ2v) is 3.84. The average Bonchev–Trinajstić information content (AvgIpc) is 2.28. The third-order valence-electron chi connectivity index (χ3n) is 2.68. The van der Waals surface area contributed by atoms with Crippen molar-refractivity contribution in [1.29, 1.82) is 0 Å². The quantitative estimate of drug-likeness (QED) is 0.509. The molecular weight excluding hydrogens is 210 g/mol. The number of ether oxygens (including phenoxy) is 1. The Balaban J connectivity index is 2.71. The lowest BCUT2D eigenvalue weighted by atomic mass is 9.99. The second kappa shape index (κ2) is 5.63. The summed E-state index contributed by atoms with van der Waals surface area (Å²) in [6.07, 6.45) is 2.38. The standard InChI is InChI=1S/C11H17NO4/c1-3-16-11(15)10(14)12-7-5-4-6-9(12)8(2)13/h9H,3-7H2,1-2H3. The molecule has 16 heavy (non-hydrogen) atoms. The first-order valence-electron chi connectivity index (χ1n) is 5.56. The maximum atomic E-state index is 11.7. The van der Waals surface area contributed by atoms with Gasteiger partial charge in [-0.15, -0.1) is 0 Å². The Bertz CT molecular complexity index is 300. The average molecular weight is 227 g/mol. The first kappa shape index (κ1) is 12.7. The van der Waals surface area contributed by atoms with E-state index in [9.17, 15) is 14.4 Å². The number of hydrogen-bond donors (Lipinski definition) is 0. The molecule has 1 atom stereocenters. The highest BCUT2D eigenvalue weighted by atomic mass is 16.5. The van der Waals surface area contributed by atoms with Crippen molar-refractivity contribution in [2.24, 2.45) is 0 Å². The molecule has 0 radical (unpaired) electrons. The Labute approximate surface area is 94.7 Å². The van der Waals surface area contributed by atoms with E-state index < -0.39 is 17.9 Å². The number of nitrogens with zero attached hydrogens (tertiary/aromatic N) is 1. The fraction of sp³-hybridized carbons (Fsp3) is 0.727. The van der Waals surface area contributed by atoms with Crippen LogP contribution in [-0.4, -0.2) is 41.8 Å². The first-order chi connectivity index (χ1) is 7.57. The van der Waals surface area contributed by atoms with Crippen LogP contribution in [-0.2, 0) is 19.1 Å². The number of ketones is 1. The molecule has 1 amide bonds. The number of carbonyl (C=O) groups is 3. The van der Waals surface area contributed by atoms with Crippen LogP contribution < -0.4 is 0 Å². The Morgan fingerprint density at radius 2 is 2.00 bits per heavy atom. The Hall–Kier alpha value is -1.39. The number of amides is 1. The van der Waals surface area contributed by atoms with Gasteiger partial charge < -0.3 is 9.64 Å². The summed E-state index contributed by atoms with van der Waals surface area (Å²) in [6, 6.07) is -0.453. The molecule has 1 rings (SSSR count). The largest absolute Gasteiger partial charge is 0.459 e. The van der Waals surface area contributed by atoms with Crippen molar-refractivity contribution in [3.05, 3.63) is 0 Å². The molecule has 5 heteroatoms. The Morgan fingerprint density at radius 1 is 1.31 bits per heavy atom. The highest BCUT2D eigenvalue weighted by Gasteiger charge is 2.33. The monoisotopic (exact) mass is 227 g/mol. The van der Waals surface area contributed by atoms with E-state index in [1.165, 1.54) is 11.8 Å². The van der Waals surface area contributed by atoms with Gasteiger partial charge in [-0.3, -0.25) is 9.59 Å². The number of hydrogen-bond acceptors (Lipinski definition) is 4. The van der Waals surface area contributed by atoms with Crippen LogP contribution in [0.15, 0.2) is 0 Å². The van der Waals surface area contributed by atoms with Crippen molar-refractivity contribution in [3.63, 3.8) is 0 Å². The van der Waals surface area contributed by atoms with Gasteiger partial charge in [-0.05, 0) is 33.1 Å². The first-order valence-corrected chi connectivity index (χ1v) is 5.56. The summed E-state index contributed by atoms with van der Waals surface area (Å²) in [5, 5.41) is 0. The number of carbonyl (C=O) groups excluding carboxylic acids is 3. The lowest BCUT2D eigenvalue weighted by Crippen LogP contribution is -2.50. The summed E-state index contributed by atoms with van der Waals surface area (Å²) < 4.78 is 4.64. The summed E-state index contributed by atoms with van der Waals surface area (Å²) in [5.74, 6) is -1.63. The van der Waals surface area contributed by atoms with Crippen molar-refractivity contribution < 1.29 is 19.1 Å². The van der Waals surface area contributed by atoms with E-state index in [1.807, 2.05) is 0 Å². The fourth-order valence-corrected chi connectivity index (χ4v) is 1.91. The normalized spacial score (nSPS) is 20.4. The zero-order chi connectivity index (χ0) is 12.1. The smallest absolute Gasteiger partial charge is 0.397 e. The molecule has 1 aliphatic rings. The molecule has 1 heterocycles. The van der Waals surface area contributed by atoms with Crippen LogP contribution in [0.3, 0.4) is 0 Å². The Kier molecular flexibility index (Phi) is 4.46. The molecular formula is C11H17NO4. The van der Waals surface area contributed by atoms with E-state index in [2.05, 4.69) is 4.74 Å². The van der Waals surface area contributed by atoms with Gasteiger partial charge in [-0.2, -0.15) is 0 Å². The molecule has 1 fully saturated rings. The van der Waals surface area contributed by atoms with E-state index >= 15 is 0 Å². The van der Waals surface area contributed by atoms with Gasteiger partial charge in [-0.1, -0.05) is 0 Å². The molecule has 0 N–H and O–H groups in total. The van der Waals surface area contributed by atoms with Crippen LogP contribution >= 0.6 is 0 Å². The van der Waals surface area contributed by atoms with Crippen molar-refractivity contribution in [3.8, 4) is 0 Å². The van der Waals surface area contributed by atoms with Gasteiger partial charge in [-0.25, -0.2) is 4.79 Å². The summed E-state index contributed by atoms with van der Waals surface area (Å²) >= 11 is 0. The van der Waals surface area contributed by atoms with Crippen LogP contribution in [0.2, 0.25) is 0 Å². The summed E-state index contributed by atoms with van der Waals surface area (Å²) in [4.78, 5) is 35.7. The molecule has 1 saturated heterocycles. The van der Waals surface area contributed by atoms with Gasteiger partial charge in [0.25, 0.3) is 0 Å². The third kappa shape index (κ3) is 2.81.